The van der Waals surface area contributed by atoms with Crippen LogP contribution < -0.4 is 11.1 Å². The van der Waals surface area contributed by atoms with Crippen LogP contribution in [-0.2, 0) is 11.2 Å². The number of benzene rings is 2. The van der Waals surface area contributed by atoms with Crippen molar-refractivity contribution in [3.05, 3.63) is 71.8 Å². The second kappa shape index (κ2) is 10.1. The van der Waals surface area contributed by atoms with Gasteiger partial charge in [0.25, 0.3) is 0 Å². The number of anilines is 2. The van der Waals surface area contributed by atoms with E-state index in [1.165, 1.54) is 0 Å². The topological polar surface area (TPSA) is 93.4 Å². The van der Waals surface area contributed by atoms with Crippen molar-refractivity contribution in [2.45, 2.75) is 12.8 Å². The SMILES string of the molecule is NC(=O)c1cccc(Nc2ccc(-c3ccccc3)nn2)c1CCCN1CCOCC1. The van der Waals surface area contributed by atoms with Gasteiger partial charge in [0.2, 0.25) is 5.91 Å². The number of ether oxygens (including phenoxy) is 1. The first-order valence-electron chi connectivity index (χ1n) is 10.6. The van der Waals surface area contributed by atoms with Crippen LogP contribution in [0.15, 0.2) is 60.7 Å². The molecule has 0 aliphatic carbocycles. The highest BCUT2D eigenvalue weighted by Crippen LogP contribution is 2.25. The van der Waals surface area contributed by atoms with E-state index in [4.69, 9.17) is 10.5 Å². The molecule has 1 aliphatic rings. The van der Waals surface area contributed by atoms with E-state index < -0.39 is 5.91 Å². The van der Waals surface area contributed by atoms with Crippen LogP contribution in [0.2, 0.25) is 0 Å². The number of nitrogens with zero attached hydrogens (tertiary/aromatic N) is 3. The maximum absolute atomic E-state index is 12.0. The van der Waals surface area contributed by atoms with E-state index in [0.29, 0.717) is 11.4 Å². The Morgan fingerprint density at radius 1 is 1.00 bits per heavy atom. The van der Waals surface area contributed by atoms with Crippen LogP contribution in [0, 0.1) is 0 Å². The molecule has 3 aromatic rings. The number of hydrogen-bond donors (Lipinski definition) is 2. The molecule has 2 aromatic carbocycles. The second-order valence-electron chi connectivity index (χ2n) is 7.55. The minimum atomic E-state index is -0.421. The molecule has 2 heterocycles. The first-order valence-corrected chi connectivity index (χ1v) is 10.6. The summed E-state index contributed by atoms with van der Waals surface area (Å²) in [6.07, 6.45) is 1.67. The van der Waals surface area contributed by atoms with E-state index >= 15 is 0 Å². The van der Waals surface area contributed by atoms with Gasteiger partial charge in [-0.05, 0) is 49.2 Å². The normalized spacial score (nSPS) is 14.3. The number of primary amides is 1. The number of rotatable bonds is 8. The third-order valence-corrected chi connectivity index (χ3v) is 5.44. The zero-order chi connectivity index (χ0) is 21.5. The fourth-order valence-corrected chi connectivity index (χ4v) is 3.81. The highest BCUT2D eigenvalue weighted by molar-refractivity contribution is 5.96. The van der Waals surface area contributed by atoms with E-state index in [2.05, 4.69) is 20.4 Å². The average Bonchev–Trinajstić information content (AvgIpc) is 2.81. The molecule has 1 amide bonds. The lowest BCUT2D eigenvalue weighted by molar-refractivity contribution is 0.0375. The predicted octanol–water partition coefficient (Wildman–Crippen LogP) is 3.25. The van der Waals surface area contributed by atoms with E-state index in [-0.39, 0.29) is 0 Å². The van der Waals surface area contributed by atoms with Gasteiger partial charge in [-0.15, -0.1) is 10.2 Å². The smallest absolute Gasteiger partial charge is 0.249 e. The quantitative estimate of drug-likeness (QED) is 0.584. The monoisotopic (exact) mass is 417 g/mol. The molecule has 0 unspecified atom stereocenters. The van der Waals surface area contributed by atoms with Crippen molar-refractivity contribution in [2.24, 2.45) is 5.73 Å². The molecular formula is C24H27N5O2. The molecule has 0 atom stereocenters. The first-order chi connectivity index (χ1) is 15.2. The van der Waals surface area contributed by atoms with Crippen molar-refractivity contribution in [3.8, 4) is 11.3 Å². The predicted molar refractivity (Wildman–Crippen MR) is 121 cm³/mol. The Morgan fingerprint density at radius 2 is 1.81 bits per heavy atom. The van der Waals surface area contributed by atoms with Crippen LogP contribution in [0.5, 0.6) is 0 Å². The lowest BCUT2D eigenvalue weighted by Gasteiger charge is -2.26. The van der Waals surface area contributed by atoms with Crippen molar-refractivity contribution in [1.29, 1.82) is 0 Å². The lowest BCUT2D eigenvalue weighted by Crippen LogP contribution is -2.37. The molecule has 7 heteroatoms. The largest absolute Gasteiger partial charge is 0.379 e. The number of hydrogen-bond acceptors (Lipinski definition) is 6. The van der Waals surface area contributed by atoms with Gasteiger partial charge in [-0.1, -0.05) is 36.4 Å². The number of carbonyl (C=O) groups excluding carboxylic acids is 1. The minimum Gasteiger partial charge on any atom is -0.379 e. The minimum absolute atomic E-state index is 0.421. The van der Waals surface area contributed by atoms with Gasteiger partial charge in [-0.2, -0.15) is 0 Å². The number of nitrogens with one attached hydrogen (secondary N) is 1. The summed E-state index contributed by atoms with van der Waals surface area (Å²) in [6, 6.07) is 19.3. The highest BCUT2D eigenvalue weighted by Gasteiger charge is 2.15. The van der Waals surface area contributed by atoms with Gasteiger partial charge in [-0.3, -0.25) is 9.69 Å². The van der Waals surface area contributed by atoms with E-state index in [1.54, 1.807) is 6.07 Å². The number of amides is 1. The van der Waals surface area contributed by atoms with Crippen molar-refractivity contribution >= 4 is 17.4 Å². The third kappa shape index (κ3) is 5.45. The molecular weight excluding hydrogens is 390 g/mol. The van der Waals surface area contributed by atoms with E-state index in [0.717, 1.165) is 68.2 Å². The summed E-state index contributed by atoms with van der Waals surface area (Å²) in [5, 5.41) is 12.0. The molecule has 7 nitrogen and oxygen atoms in total. The van der Waals surface area contributed by atoms with Gasteiger partial charge in [-0.25, -0.2) is 0 Å². The van der Waals surface area contributed by atoms with Gasteiger partial charge >= 0.3 is 0 Å². The molecule has 1 aliphatic heterocycles. The maximum atomic E-state index is 12.0. The van der Waals surface area contributed by atoms with Gasteiger partial charge in [0.05, 0.1) is 18.9 Å². The van der Waals surface area contributed by atoms with E-state index in [1.807, 2.05) is 54.6 Å². The molecule has 0 spiro atoms. The van der Waals surface area contributed by atoms with Crippen LogP contribution in [0.4, 0.5) is 11.5 Å². The summed E-state index contributed by atoms with van der Waals surface area (Å²) in [7, 11) is 0. The van der Waals surface area contributed by atoms with Crippen LogP contribution in [-0.4, -0.2) is 53.9 Å². The third-order valence-electron chi connectivity index (χ3n) is 5.44. The molecule has 0 bridgehead atoms. The Bertz CT molecular complexity index is 1000. The summed E-state index contributed by atoms with van der Waals surface area (Å²) in [6.45, 7) is 4.42. The lowest BCUT2D eigenvalue weighted by atomic mass is 9.99. The molecule has 31 heavy (non-hydrogen) atoms. The van der Waals surface area contributed by atoms with Gasteiger partial charge in [0, 0.05) is 29.9 Å². The molecule has 1 fully saturated rings. The molecule has 0 radical (unpaired) electrons. The van der Waals surface area contributed by atoms with Gasteiger partial charge in [0.15, 0.2) is 5.82 Å². The zero-order valence-corrected chi connectivity index (χ0v) is 17.5. The van der Waals surface area contributed by atoms with Crippen LogP contribution >= 0.6 is 0 Å². The molecule has 160 valence electrons. The summed E-state index contributed by atoms with van der Waals surface area (Å²) in [5.41, 5.74) is 9.77. The zero-order valence-electron chi connectivity index (χ0n) is 17.5. The molecule has 4 rings (SSSR count). The maximum Gasteiger partial charge on any atom is 0.249 e. The van der Waals surface area contributed by atoms with Crippen molar-refractivity contribution in [3.63, 3.8) is 0 Å². The average molecular weight is 418 g/mol. The molecule has 1 aromatic heterocycles. The van der Waals surface area contributed by atoms with Crippen LogP contribution in [0.3, 0.4) is 0 Å². The Morgan fingerprint density at radius 3 is 2.52 bits per heavy atom. The summed E-state index contributed by atoms with van der Waals surface area (Å²) in [5.74, 6) is 0.200. The Hall–Kier alpha value is -3.29. The Balaban J connectivity index is 1.49. The molecule has 3 N–H and O–H groups in total. The fourth-order valence-electron chi connectivity index (χ4n) is 3.81. The second-order valence-corrected chi connectivity index (χ2v) is 7.55. The number of aromatic nitrogens is 2. The summed E-state index contributed by atoms with van der Waals surface area (Å²) in [4.78, 5) is 14.4. The standard InChI is InChI=1S/C24H27N5O2/c25-24(30)20-8-4-10-22(19(20)9-5-13-29-14-16-31-17-15-29)26-23-12-11-21(27-28-23)18-6-2-1-3-7-18/h1-4,6-8,10-12H,5,9,13-17H2,(H2,25,30)(H,26,28). The van der Waals surface area contributed by atoms with Gasteiger partial charge < -0.3 is 15.8 Å². The summed E-state index contributed by atoms with van der Waals surface area (Å²) >= 11 is 0. The van der Waals surface area contributed by atoms with Crippen LogP contribution in [0.25, 0.3) is 11.3 Å². The summed E-state index contributed by atoms with van der Waals surface area (Å²) < 4.78 is 5.41. The highest BCUT2D eigenvalue weighted by atomic mass is 16.5. The van der Waals surface area contributed by atoms with Crippen molar-refractivity contribution in [1.82, 2.24) is 15.1 Å². The first kappa shape index (κ1) is 21.0. The van der Waals surface area contributed by atoms with Crippen LogP contribution in [0.1, 0.15) is 22.3 Å². The number of morpholine rings is 1. The number of nitrogens with two attached hydrogens (primary N) is 1. The Labute approximate surface area is 182 Å². The van der Waals surface area contributed by atoms with Gasteiger partial charge in [0.1, 0.15) is 0 Å². The van der Waals surface area contributed by atoms with Crippen molar-refractivity contribution in [2.75, 3.05) is 38.2 Å². The Kier molecular flexibility index (Phi) is 6.86. The number of carbonyl (C=O) groups is 1. The molecule has 0 saturated carbocycles. The fraction of sp³-hybridized carbons (Fsp3) is 0.292. The van der Waals surface area contributed by atoms with Crippen molar-refractivity contribution < 1.29 is 9.53 Å². The molecule has 1 saturated heterocycles. The van der Waals surface area contributed by atoms with E-state index in [9.17, 15) is 4.79 Å².